The molecule has 5 nitrogen and oxygen atoms in total. The average Bonchev–Trinajstić information content (AvgIpc) is 3.11. The van der Waals surface area contributed by atoms with Gasteiger partial charge in [0.2, 0.25) is 0 Å². The molecule has 0 fully saturated rings. The molecule has 34 heavy (non-hydrogen) atoms. The van der Waals surface area contributed by atoms with E-state index in [0.29, 0.717) is 23.0 Å². The molecule has 0 radical (unpaired) electrons. The Morgan fingerprint density at radius 1 is 0.971 bits per heavy atom. The third-order valence-electron chi connectivity index (χ3n) is 4.58. The number of anilines is 3. The molecule has 0 spiro atoms. The van der Waals surface area contributed by atoms with Crippen LogP contribution < -0.4 is 10.0 Å². The third-order valence-corrected chi connectivity index (χ3v) is 7.69. The van der Waals surface area contributed by atoms with Crippen LogP contribution in [0.5, 0.6) is 0 Å². The van der Waals surface area contributed by atoms with Crippen molar-refractivity contribution in [2.24, 2.45) is 0 Å². The van der Waals surface area contributed by atoms with E-state index in [4.69, 9.17) is 34.8 Å². The lowest BCUT2D eigenvalue weighted by Crippen LogP contribution is -2.15. The van der Waals surface area contributed by atoms with Gasteiger partial charge >= 0.3 is 6.18 Å². The van der Waals surface area contributed by atoms with Crippen LogP contribution in [0.4, 0.5) is 29.7 Å². The van der Waals surface area contributed by atoms with Crippen molar-refractivity contribution in [3.8, 4) is 0 Å². The summed E-state index contributed by atoms with van der Waals surface area (Å²) in [6.45, 7) is 1.97. The zero-order valence-electron chi connectivity index (χ0n) is 17.0. The summed E-state index contributed by atoms with van der Waals surface area (Å²) < 4.78 is 67.7. The van der Waals surface area contributed by atoms with E-state index < -0.39 is 26.7 Å². The molecule has 0 amide bonds. The van der Waals surface area contributed by atoms with Crippen molar-refractivity contribution in [1.29, 1.82) is 0 Å². The molecule has 0 aliphatic heterocycles. The topological polar surface area (TPSA) is 71.1 Å². The maximum atomic E-state index is 13.1. The van der Waals surface area contributed by atoms with Crippen molar-refractivity contribution in [2.75, 3.05) is 10.0 Å². The molecule has 0 atom stereocenters. The zero-order valence-corrected chi connectivity index (χ0v) is 20.9. The normalized spacial score (nSPS) is 12.2. The van der Waals surface area contributed by atoms with Crippen molar-refractivity contribution < 1.29 is 21.6 Å². The quantitative estimate of drug-likeness (QED) is 0.256. The Balaban J connectivity index is 1.62. The number of hydrogen-bond donors (Lipinski definition) is 2. The summed E-state index contributed by atoms with van der Waals surface area (Å²) in [7, 11) is -4.43. The molecular formula is C21H13Cl3F3N3O2S2. The molecule has 4 aromatic rings. The lowest BCUT2D eigenvalue weighted by atomic mass is 10.2. The average molecular weight is 567 g/mol. The highest BCUT2D eigenvalue weighted by Gasteiger charge is 2.32. The molecule has 0 saturated heterocycles. The number of nitrogens with one attached hydrogen (secondary N) is 2. The molecule has 4 rings (SSSR count). The lowest BCUT2D eigenvalue weighted by Gasteiger charge is -2.14. The summed E-state index contributed by atoms with van der Waals surface area (Å²) in [5, 5.41) is 3.32. The number of hydrogen-bond acceptors (Lipinski definition) is 5. The third kappa shape index (κ3) is 5.36. The molecule has 1 heterocycles. The number of alkyl halides is 3. The van der Waals surface area contributed by atoms with E-state index in [0.717, 1.165) is 21.8 Å². The van der Waals surface area contributed by atoms with Crippen molar-refractivity contribution in [3.05, 3.63) is 74.7 Å². The van der Waals surface area contributed by atoms with Crippen LogP contribution in [0.25, 0.3) is 10.2 Å². The number of aromatic nitrogens is 1. The first kappa shape index (κ1) is 24.9. The zero-order chi connectivity index (χ0) is 24.8. The molecule has 2 N–H and O–H groups in total. The number of nitrogens with zero attached hydrogens (tertiary/aromatic N) is 1. The molecule has 0 aliphatic carbocycles. The van der Waals surface area contributed by atoms with Gasteiger partial charge in [-0.2, -0.15) is 13.2 Å². The van der Waals surface area contributed by atoms with Gasteiger partial charge in [0.05, 0.1) is 42.1 Å². The summed E-state index contributed by atoms with van der Waals surface area (Å²) in [4.78, 5) is 3.80. The number of halogens is 6. The van der Waals surface area contributed by atoms with Crippen LogP contribution in [0.1, 0.15) is 11.1 Å². The Kier molecular flexibility index (Phi) is 6.65. The standard InChI is InChI=1S/C21H13Cl3F3N3O2S2/c1-10-2-3-17-18(4-10)33-20(28-17)29-19-15(23)8-13(9-16(19)24)30-34(31,32)14-6-11(21(25,26)27)5-12(22)7-14/h2-9,30H,1H3,(H,28,29). The first-order chi connectivity index (χ1) is 15.8. The van der Waals surface area contributed by atoms with Crippen LogP contribution >= 0.6 is 46.1 Å². The predicted molar refractivity (Wildman–Crippen MR) is 131 cm³/mol. The predicted octanol–water partition coefficient (Wildman–Crippen LogP) is 8.13. The van der Waals surface area contributed by atoms with Crippen LogP contribution in [0.2, 0.25) is 15.1 Å². The minimum absolute atomic E-state index is 0.0472. The van der Waals surface area contributed by atoms with Crippen LogP contribution in [0.15, 0.2) is 53.4 Å². The Labute approximate surface area is 211 Å². The summed E-state index contributed by atoms with van der Waals surface area (Å²) >= 11 is 19.7. The molecule has 0 saturated carbocycles. The molecule has 178 valence electrons. The number of benzene rings is 3. The summed E-state index contributed by atoms with van der Waals surface area (Å²) in [5.41, 5.74) is 0.923. The highest BCUT2D eigenvalue weighted by atomic mass is 35.5. The fourth-order valence-corrected chi connectivity index (χ4v) is 6.00. The van der Waals surface area contributed by atoms with Crippen molar-refractivity contribution >= 4 is 82.9 Å². The molecule has 13 heteroatoms. The second-order valence-corrected chi connectivity index (χ2v) is 11.2. The Morgan fingerprint density at radius 3 is 2.29 bits per heavy atom. The van der Waals surface area contributed by atoms with Gasteiger partial charge in [-0.25, -0.2) is 13.4 Å². The largest absolute Gasteiger partial charge is 0.416 e. The van der Waals surface area contributed by atoms with Crippen LogP contribution in [-0.4, -0.2) is 13.4 Å². The van der Waals surface area contributed by atoms with E-state index in [1.165, 1.54) is 23.5 Å². The number of fused-ring (bicyclic) bond motifs is 1. The second-order valence-electron chi connectivity index (χ2n) is 7.21. The van der Waals surface area contributed by atoms with Crippen molar-refractivity contribution in [3.63, 3.8) is 0 Å². The highest BCUT2D eigenvalue weighted by Crippen LogP contribution is 2.39. The van der Waals surface area contributed by atoms with E-state index in [1.54, 1.807) is 0 Å². The van der Waals surface area contributed by atoms with Gasteiger partial charge in [-0.05, 0) is 55.0 Å². The molecular weight excluding hydrogens is 554 g/mol. The molecule has 0 bridgehead atoms. The lowest BCUT2D eigenvalue weighted by molar-refractivity contribution is -0.137. The molecule has 3 aromatic carbocycles. The fraction of sp³-hybridized carbons (Fsp3) is 0.0952. The van der Waals surface area contributed by atoms with E-state index in [2.05, 4.69) is 15.0 Å². The van der Waals surface area contributed by atoms with Crippen molar-refractivity contribution in [1.82, 2.24) is 4.98 Å². The Morgan fingerprint density at radius 2 is 1.65 bits per heavy atom. The van der Waals surface area contributed by atoms with Crippen LogP contribution in [0, 0.1) is 6.92 Å². The van der Waals surface area contributed by atoms with Crippen LogP contribution in [-0.2, 0) is 16.2 Å². The molecule has 0 unspecified atom stereocenters. The van der Waals surface area contributed by atoms with Gasteiger partial charge in [0.15, 0.2) is 5.13 Å². The van der Waals surface area contributed by atoms with Gasteiger partial charge in [-0.3, -0.25) is 4.72 Å². The maximum absolute atomic E-state index is 13.1. The first-order valence-electron chi connectivity index (χ1n) is 9.36. The van der Waals surface area contributed by atoms with Crippen molar-refractivity contribution in [2.45, 2.75) is 18.0 Å². The van der Waals surface area contributed by atoms with Gasteiger partial charge in [-0.1, -0.05) is 52.2 Å². The van der Waals surface area contributed by atoms with E-state index >= 15 is 0 Å². The minimum atomic E-state index is -4.77. The number of rotatable bonds is 5. The Bertz CT molecular complexity index is 1500. The molecule has 1 aromatic heterocycles. The van der Waals surface area contributed by atoms with E-state index in [1.807, 2.05) is 25.1 Å². The maximum Gasteiger partial charge on any atom is 0.416 e. The van der Waals surface area contributed by atoms with E-state index in [9.17, 15) is 21.6 Å². The second kappa shape index (κ2) is 9.09. The SMILES string of the molecule is Cc1ccc2nc(Nc3c(Cl)cc(NS(=O)(=O)c4cc(Cl)cc(C(F)(F)F)c4)cc3Cl)sc2c1. The highest BCUT2D eigenvalue weighted by molar-refractivity contribution is 7.92. The van der Waals surface area contributed by atoms with Gasteiger partial charge in [0.1, 0.15) is 0 Å². The Hall–Kier alpha value is -2.24. The number of thiazole rings is 1. The monoisotopic (exact) mass is 565 g/mol. The summed E-state index contributed by atoms with van der Waals surface area (Å²) in [5.74, 6) is 0. The summed E-state index contributed by atoms with van der Waals surface area (Å²) in [6, 6.07) is 10.4. The van der Waals surface area contributed by atoms with Gasteiger partial charge in [0.25, 0.3) is 10.0 Å². The van der Waals surface area contributed by atoms with E-state index in [-0.39, 0.29) is 20.8 Å². The molecule has 0 aliphatic rings. The van der Waals surface area contributed by atoms with Gasteiger partial charge in [0, 0.05) is 5.02 Å². The van der Waals surface area contributed by atoms with Crippen LogP contribution in [0.3, 0.4) is 0 Å². The van der Waals surface area contributed by atoms with Gasteiger partial charge in [-0.15, -0.1) is 0 Å². The number of aryl methyl sites for hydroxylation is 1. The fourth-order valence-electron chi connectivity index (χ4n) is 3.04. The summed E-state index contributed by atoms with van der Waals surface area (Å²) in [6.07, 6.45) is -4.77. The minimum Gasteiger partial charge on any atom is -0.329 e. The smallest absolute Gasteiger partial charge is 0.329 e. The first-order valence-corrected chi connectivity index (χ1v) is 12.8. The van der Waals surface area contributed by atoms with Gasteiger partial charge < -0.3 is 5.32 Å². The number of sulfonamides is 1.